The number of sulfonamides is 2. The second-order valence-corrected chi connectivity index (χ2v) is 17.3. The number of nitrogens with zero attached hydrogens (tertiary/aromatic N) is 6. The van der Waals surface area contributed by atoms with E-state index >= 15 is 0 Å². The van der Waals surface area contributed by atoms with Crippen LogP contribution in [0.4, 0.5) is 34.1 Å². The fourth-order valence-electron chi connectivity index (χ4n) is 6.04. The predicted molar refractivity (Wildman–Crippen MR) is 237 cm³/mol. The number of phenols is 1. The van der Waals surface area contributed by atoms with Gasteiger partial charge in [-0.05, 0) is 80.6 Å². The number of primary sulfonamides is 1. The number of hydrogen-bond acceptors (Lipinski definition) is 12. The fourth-order valence-corrected chi connectivity index (χ4v) is 8.30. The van der Waals surface area contributed by atoms with Crippen LogP contribution in [0.3, 0.4) is 0 Å². The minimum Gasteiger partial charge on any atom is -0.871 e. The van der Waals surface area contributed by atoms with Crippen molar-refractivity contribution >= 4 is 54.2 Å². The summed E-state index contributed by atoms with van der Waals surface area (Å²) in [7, 11) is -7.74. The van der Waals surface area contributed by atoms with Crippen molar-refractivity contribution < 1.29 is 78.7 Å². The molecule has 0 amide bonds. The summed E-state index contributed by atoms with van der Waals surface area (Å²) in [4.78, 5) is 25.3. The van der Waals surface area contributed by atoms with Gasteiger partial charge in [0.05, 0.1) is 33.3 Å². The number of azo groups is 2. The molecule has 0 saturated heterocycles. The van der Waals surface area contributed by atoms with E-state index < -0.39 is 36.9 Å². The second-order valence-electron chi connectivity index (χ2n) is 13.8. The van der Waals surface area contributed by atoms with Crippen LogP contribution in [0, 0.1) is 13.8 Å². The number of nitrogens with two attached hydrogens (primary N) is 1. The molecule has 6 aromatic carbocycles. The SMILES string of the molecule is Cc1[nH]n(-c2ccccc2)c(=O)c1N=Nc1cc(S(=O)(=O)Nc2ccccc2)ccc1[O-].Cc1[nH]n(-c2ccccc2)c(=O)c1N=Nc1cc(S(=O)(=O)[NH2+]c2ccccc2)ccc1O.[Cr].[Na+]. The van der Waals surface area contributed by atoms with Gasteiger partial charge in [0.1, 0.15) is 22.0 Å². The average Bonchev–Trinajstić information content (AvgIpc) is 3.74. The molecule has 0 atom stereocenters. The summed E-state index contributed by atoms with van der Waals surface area (Å²) in [6.07, 6.45) is 0. The Kier molecular flexibility index (Phi) is 16.8. The average molecular weight is 974 g/mol. The Morgan fingerprint density at radius 2 is 1.03 bits per heavy atom. The van der Waals surface area contributed by atoms with Gasteiger partial charge in [-0.3, -0.25) is 24.5 Å². The van der Waals surface area contributed by atoms with Crippen molar-refractivity contribution in [1.82, 2.24) is 19.6 Å². The van der Waals surface area contributed by atoms with Gasteiger partial charge in [0.25, 0.3) is 21.1 Å². The number of aromatic nitrogens is 4. The summed E-state index contributed by atoms with van der Waals surface area (Å²) in [5.74, 6) is -0.784. The number of rotatable bonds is 12. The smallest absolute Gasteiger partial charge is 0.871 e. The van der Waals surface area contributed by atoms with Gasteiger partial charge in [0, 0.05) is 35.2 Å². The molecule has 8 aromatic rings. The molecule has 2 aromatic heterocycles. The van der Waals surface area contributed by atoms with Gasteiger partial charge in [-0.1, -0.05) is 84.6 Å². The van der Waals surface area contributed by atoms with Gasteiger partial charge >= 0.3 is 39.6 Å². The van der Waals surface area contributed by atoms with Crippen LogP contribution < -0.4 is 55.2 Å². The summed E-state index contributed by atoms with van der Waals surface area (Å²) >= 11 is 0. The molecule has 22 heteroatoms. The number of aromatic hydroxyl groups is 1. The Morgan fingerprint density at radius 3 is 1.55 bits per heavy atom. The summed E-state index contributed by atoms with van der Waals surface area (Å²) < 4.78 is 57.0. The van der Waals surface area contributed by atoms with Crippen molar-refractivity contribution in [3.63, 3.8) is 0 Å². The summed E-state index contributed by atoms with van der Waals surface area (Å²) in [5, 5.41) is 43.9. The Labute approximate surface area is 410 Å². The molecule has 330 valence electrons. The number of para-hydroxylation sites is 3. The van der Waals surface area contributed by atoms with Crippen LogP contribution in [0.2, 0.25) is 0 Å². The molecule has 0 fully saturated rings. The molecule has 18 nitrogen and oxygen atoms in total. The third-order valence-electron chi connectivity index (χ3n) is 9.26. The Hall–Kier alpha value is -6.67. The molecule has 0 aliphatic heterocycles. The summed E-state index contributed by atoms with van der Waals surface area (Å²) in [6.45, 7) is 3.32. The van der Waals surface area contributed by atoms with Crippen LogP contribution in [0.15, 0.2) is 198 Å². The first-order chi connectivity index (χ1) is 30.7. The van der Waals surface area contributed by atoms with E-state index in [4.69, 9.17) is 0 Å². The quantitative estimate of drug-likeness (QED) is 0.0679. The molecule has 0 aliphatic carbocycles. The minimum absolute atomic E-state index is 0. The largest absolute Gasteiger partial charge is 1.00 e. The summed E-state index contributed by atoms with van der Waals surface area (Å²) in [6, 6.07) is 42.0. The molecule has 0 unspecified atom stereocenters. The van der Waals surface area contributed by atoms with Crippen molar-refractivity contribution in [2.75, 3.05) is 4.72 Å². The molecule has 0 bridgehead atoms. The molecule has 66 heavy (non-hydrogen) atoms. The zero-order chi connectivity index (χ0) is 45.4. The van der Waals surface area contributed by atoms with Gasteiger partial charge in [-0.15, -0.1) is 15.3 Å². The number of nitrogens with one attached hydrogen (secondary N) is 3. The minimum atomic E-state index is -3.95. The Morgan fingerprint density at radius 1 is 0.591 bits per heavy atom. The zero-order valence-corrected chi connectivity index (χ0v) is 40.2. The van der Waals surface area contributed by atoms with E-state index in [1.807, 2.05) is 12.1 Å². The van der Waals surface area contributed by atoms with E-state index in [2.05, 4.69) is 35.4 Å². The van der Waals surface area contributed by atoms with E-state index in [1.54, 1.807) is 123 Å². The van der Waals surface area contributed by atoms with Crippen LogP contribution in [0.25, 0.3) is 11.4 Å². The van der Waals surface area contributed by atoms with E-state index in [0.29, 0.717) is 34.1 Å². The predicted octanol–water partition coefficient (Wildman–Crippen LogP) is 3.94. The van der Waals surface area contributed by atoms with Gasteiger partial charge in [-0.25, -0.2) is 22.5 Å². The molecule has 0 radical (unpaired) electrons. The van der Waals surface area contributed by atoms with Crippen molar-refractivity contribution in [2.24, 2.45) is 20.5 Å². The first-order valence-electron chi connectivity index (χ1n) is 19.1. The third kappa shape index (κ3) is 12.0. The van der Waals surface area contributed by atoms with E-state index in [1.165, 1.54) is 33.6 Å². The maximum Gasteiger partial charge on any atom is 1.00 e. The van der Waals surface area contributed by atoms with Crippen LogP contribution in [0.5, 0.6) is 11.5 Å². The van der Waals surface area contributed by atoms with Crippen molar-refractivity contribution in [3.8, 4) is 22.9 Å². The molecule has 2 heterocycles. The standard InChI is InChI=1S/2C22H19N5O4S.Cr.Na/c2*1-15-21(22(29)27(25-15)17-10-6-3-7-11-17)24-23-19-14-18(12-13-20(19)28)32(30,31)26-16-8-4-2-5-9-16;;/h2*2-14,25-26,28H,1H3;;/q;;;+1. The topological polar surface area (TPSA) is 265 Å². The van der Waals surface area contributed by atoms with Crippen molar-refractivity contribution in [1.29, 1.82) is 0 Å². The van der Waals surface area contributed by atoms with Crippen LogP contribution >= 0.6 is 0 Å². The summed E-state index contributed by atoms with van der Waals surface area (Å²) in [5.41, 5.74) is 2.01. The van der Waals surface area contributed by atoms with Gasteiger partial charge in [-0.2, -0.15) is 13.5 Å². The third-order valence-corrected chi connectivity index (χ3v) is 12.1. The number of quaternary nitrogens is 1. The van der Waals surface area contributed by atoms with Gasteiger partial charge in [0.15, 0.2) is 11.4 Å². The number of H-pyrrole nitrogens is 2. The molecule has 6 N–H and O–H groups in total. The number of anilines is 1. The number of benzene rings is 6. The van der Waals surface area contributed by atoms with Crippen LogP contribution in [-0.2, 0) is 37.4 Å². The van der Waals surface area contributed by atoms with Crippen LogP contribution in [-0.4, -0.2) is 41.5 Å². The molecular weight excluding hydrogens is 936 g/mol. The normalized spacial score (nSPS) is 11.4. The number of aryl methyl sites for hydroxylation is 2. The van der Waals surface area contributed by atoms with E-state index in [-0.39, 0.29) is 85.2 Å². The Balaban J connectivity index is 0.000000240. The number of aromatic amines is 2. The van der Waals surface area contributed by atoms with E-state index in [9.17, 15) is 36.6 Å². The number of hydrogen-bond donors (Lipinski definition) is 5. The fraction of sp³-hybridized carbons (Fsp3) is 0.0455. The number of phenolic OH excluding ortho intramolecular Hbond substituents is 1. The van der Waals surface area contributed by atoms with Crippen molar-refractivity contribution in [3.05, 3.63) is 190 Å². The zero-order valence-electron chi connectivity index (χ0n) is 35.3. The molecule has 8 rings (SSSR count). The van der Waals surface area contributed by atoms with Crippen molar-refractivity contribution in [2.45, 2.75) is 23.6 Å². The monoisotopic (exact) mass is 973 g/mol. The van der Waals surface area contributed by atoms with Crippen LogP contribution in [0.1, 0.15) is 11.4 Å². The van der Waals surface area contributed by atoms with E-state index in [0.717, 1.165) is 16.9 Å². The maximum absolute atomic E-state index is 12.7. The maximum atomic E-state index is 12.7. The molecule has 0 spiro atoms. The molecular formula is C44H38CrN10NaO8S2+. The van der Waals surface area contributed by atoms with Gasteiger partial charge < -0.3 is 10.2 Å². The Bertz CT molecular complexity index is 3130. The first kappa shape index (κ1) is 50.3. The second kappa shape index (κ2) is 22.0. The first-order valence-corrected chi connectivity index (χ1v) is 22.2. The van der Waals surface area contributed by atoms with Gasteiger partial charge in [0.2, 0.25) is 0 Å². The molecule has 0 aliphatic rings. The molecule has 0 saturated carbocycles.